The molecule has 0 aliphatic carbocycles. The average Bonchev–Trinajstić information content (AvgIpc) is 2.49. The summed E-state index contributed by atoms with van der Waals surface area (Å²) in [5.74, 6) is 0.648. The molecule has 4 nitrogen and oxygen atoms in total. The minimum absolute atomic E-state index is 0.197. The van der Waals surface area contributed by atoms with Gasteiger partial charge in [0.1, 0.15) is 12.0 Å². The lowest BCUT2D eigenvalue weighted by Crippen LogP contribution is -2.47. The highest BCUT2D eigenvalue weighted by molar-refractivity contribution is 6.35. The highest BCUT2D eigenvalue weighted by atomic mass is 35.5. The van der Waals surface area contributed by atoms with Crippen molar-refractivity contribution in [3.05, 3.63) is 29.5 Å². The van der Waals surface area contributed by atoms with E-state index in [4.69, 9.17) is 11.6 Å². The van der Waals surface area contributed by atoms with E-state index < -0.39 is 6.17 Å². The number of halogens is 2. The molecule has 1 aliphatic heterocycles. The fourth-order valence-electron chi connectivity index (χ4n) is 2.69. The highest BCUT2D eigenvalue weighted by Gasteiger charge is 2.28. The van der Waals surface area contributed by atoms with Crippen LogP contribution in [0, 0.1) is 0 Å². The van der Waals surface area contributed by atoms with Crippen molar-refractivity contribution in [1.82, 2.24) is 14.9 Å². The zero-order valence-corrected chi connectivity index (χ0v) is 12.6. The largest absolute Gasteiger partial charge is 0.364 e. The lowest BCUT2D eigenvalue weighted by molar-refractivity contribution is 0.131. The van der Waals surface area contributed by atoms with Gasteiger partial charge in [-0.05, 0) is 19.0 Å². The summed E-state index contributed by atoms with van der Waals surface area (Å²) in [5.41, 5.74) is 0.765. The summed E-state index contributed by atoms with van der Waals surface area (Å²) in [6.45, 7) is 4.34. The number of rotatable bonds is 3. The minimum Gasteiger partial charge on any atom is -0.364 e. The molecule has 3 rings (SSSR count). The van der Waals surface area contributed by atoms with Crippen molar-refractivity contribution in [2.45, 2.75) is 25.6 Å². The Balaban J connectivity index is 1.76. The van der Waals surface area contributed by atoms with Gasteiger partial charge in [-0.3, -0.25) is 4.98 Å². The third-order valence-corrected chi connectivity index (χ3v) is 4.31. The Morgan fingerprint density at radius 3 is 3.10 bits per heavy atom. The average molecular weight is 309 g/mol. The molecule has 2 unspecified atom stereocenters. The number of alkyl halides is 1. The van der Waals surface area contributed by atoms with Gasteiger partial charge < -0.3 is 10.2 Å². The maximum Gasteiger partial charge on any atom is 0.133 e. The van der Waals surface area contributed by atoms with Gasteiger partial charge in [-0.2, -0.15) is 0 Å². The Hall–Kier alpha value is -1.46. The molecule has 2 aromatic rings. The van der Waals surface area contributed by atoms with Gasteiger partial charge in [-0.1, -0.05) is 18.5 Å². The van der Waals surface area contributed by atoms with E-state index in [1.54, 1.807) is 18.5 Å². The van der Waals surface area contributed by atoms with Crippen LogP contribution < -0.4 is 5.32 Å². The summed E-state index contributed by atoms with van der Waals surface area (Å²) in [6.07, 6.45) is 3.23. The van der Waals surface area contributed by atoms with Gasteiger partial charge in [0.05, 0.1) is 16.6 Å². The van der Waals surface area contributed by atoms with E-state index in [-0.39, 0.29) is 6.04 Å². The standard InChI is InChI=1S/C15H18ClFN4/c1-2-21-6-4-13(12(17)9-21)20-15-7-14-10(8-19-15)11(16)3-5-18-14/h3,5,7-8,12-13H,2,4,6,9H2,1H3,(H,19,20). The van der Waals surface area contributed by atoms with Crippen LogP contribution in [0.4, 0.5) is 10.2 Å². The van der Waals surface area contributed by atoms with Crippen molar-refractivity contribution in [3.8, 4) is 0 Å². The van der Waals surface area contributed by atoms with Crippen LogP contribution in [0.25, 0.3) is 10.9 Å². The first-order valence-corrected chi connectivity index (χ1v) is 7.58. The topological polar surface area (TPSA) is 41.0 Å². The predicted molar refractivity (Wildman–Crippen MR) is 83.6 cm³/mol. The summed E-state index contributed by atoms with van der Waals surface area (Å²) in [4.78, 5) is 10.7. The molecule has 6 heteroatoms. The first kappa shape index (κ1) is 14.5. The number of hydrogen-bond acceptors (Lipinski definition) is 4. The molecule has 1 N–H and O–H groups in total. The second kappa shape index (κ2) is 6.12. The molecule has 0 bridgehead atoms. The Labute approximate surface area is 128 Å². The number of hydrogen-bond donors (Lipinski definition) is 1. The quantitative estimate of drug-likeness (QED) is 0.946. The number of piperidine rings is 1. The van der Waals surface area contributed by atoms with Crippen LogP contribution in [0.1, 0.15) is 13.3 Å². The molecule has 3 heterocycles. The van der Waals surface area contributed by atoms with Gasteiger partial charge in [0.2, 0.25) is 0 Å². The summed E-state index contributed by atoms with van der Waals surface area (Å²) in [5, 5.41) is 4.62. The maximum atomic E-state index is 14.2. The molecule has 2 atom stereocenters. The number of nitrogens with zero attached hydrogens (tertiary/aromatic N) is 3. The summed E-state index contributed by atoms with van der Waals surface area (Å²) in [7, 11) is 0. The second-order valence-corrected chi connectivity index (χ2v) is 5.74. The van der Waals surface area contributed by atoms with E-state index in [0.29, 0.717) is 17.4 Å². The number of anilines is 1. The second-order valence-electron chi connectivity index (χ2n) is 5.33. The lowest BCUT2D eigenvalue weighted by Gasteiger charge is -2.34. The van der Waals surface area contributed by atoms with Crippen LogP contribution in [-0.4, -0.2) is 46.7 Å². The number of likely N-dealkylation sites (tertiary alicyclic amines) is 1. The van der Waals surface area contributed by atoms with E-state index in [1.165, 1.54) is 0 Å². The molecular weight excluding hydrogens is 291 g/mol. The normalized spacial score (nSPS) is 23.4. The monoisotopic (exact) mass is 308 g/mol. The summed E-state index contributed by atoms with van der Waals surface area (Å²) in [6, 6.07) is 3.36. The molecule has 0 spiro atoms. The van der Waals surface area contributed by atoms with E-state index in [1.807, 2.05) is 6.07 Å². The van der Waals surface area contributed by atoms with Gasteiger partial charge in [0, 0.05) is 36.9 Å². The van der Waals surface area contributed by atoms with E-state index in [0.717, 1.165) is 30.4 Å². The molecule has 0 saturated carbocycles. The van der Waals surface area contributed by atoms with Crippen molar-refractivity contribution in [3.63, 3.8) is 0 Å². The lowest BCUT2D eigenvalue weighted by atomic mass is 10.0. The molecule has 112 valence electrons. The predicted octanol–water partition coefficient (Wildman–Crippen LogP) is 3.13. The highest BCUT2D eigenvalue weighted by Crippen LogP contribution is 2.24. The molecule has 1 fully saturated rings. The number of fused-ring (bicyclic) bond motifs is 1. The third-order valence-electron chi connectivity index (χ3n) is 3.98. The Morgan fingerprint density at radius 2 is 2.33 bits per heavy atom. The number of nitrogens with one attached hydrogen (secondary N) is 1. The molecule has 21 heavy (non-hydrogen) atoms. The molecule has 2 aromatic heterocycles. The molecule has 1 aliphatic rings. The smallest absolute Gasteiger partial charge is 0.133 e. The van der Waals surface area contributed by atoms with Gasteiger partial charge in [0.25, 0.3) is 0 Å². The third kappa shape index (κ3) is 3.09. The fraction of sp³-hybridized carbons (Fsp3) is 0.467. The van der Waals surface area contributed by atoms with Crippen LogP contribution in [0.3, 0.4) is 0 Å². The Morgan fingerprint density at radius 1 is 1.48 bits per heavy atom. The Kier molecular flexibility index (Phi) is 4.22. The maximum absolute atomic E-state index is 14.2. The molecule has 0 aromatic carbocycles. The molecule has 0 amide bonds. The van der Waals surface area contributed by atoms with E-state index >= 15 is 0 Å². The molecule has 1 saturated heterocycles. The van der Waals surface area contributed by atoms with Gasteiger partial charge >= 0.3 is 0 Å². The minimum atomic E-state index is -0.886. The van der Waals surface area contributed by atoms with Gasteiger partial charge in [-0.15, -0.1) is 0 Å². The number of aromatic nitrogens is 2. The zero-order chi connectivity index (χ0) is 14.8. The van der Waals surface area contributed by atoms with Gasteiger partial charge in [0.15, 0.2) is 0 Å². The first-order valence-electron chi connectivity index (χ1n) is 7.20. The van der Waals surface area contributed by atoms with Crippen molar-refractivity contribution in [2.24, 2.45) is 0 Å². The zero-order valence-electron chi connectivity index (χ0n) is 11.9. The van der Waals surface area contributed by atoms with Crippen molar-refractivity contribution in [1.29, 1.82) is 0 Å². The van der Waals surface area contributed by atoms with Gasteiger partial charge in [-0.25, -0.2) is 9.37 Å². The van der Waals surface area contributed by atoms with Crippen molar-refractivity contribution < 1.29 is 4.39 Å². The van der Waals surface area contributed by atoms with Crippen LogP contribution >= 0.6 is 11.6 Å². The van der Waals surface area contributed by atoms with Crippen LogP contribution in [0.5, 0.6) is 0 Å². The molecule has 0 radical (unpaired) electrons. The summed E-state index contributed by atoms with van der Waals surface area (Å²) >= 11 is 6.09. The number of pyridine rings is 2. The van der Waals surface area contributed by atoms with Crippen molar-refractivity contribution >= 4 is 28.3 Å². The van der Waals surface area contributed by atoms with Crippen LogP contribution in [0.2, 0.25) is 5.02 Å². The van der Waals surface area contributed by atoms with Crippen molar-refractivity contribution in [2.75, 3.05) is 25.0 Å². The first-order chi connectivity index (χ1) is 10.2. The SMILES string of the molecule is CCN1CCC(Nc2cc3nccc(Cl)c3cn2)C(F)C1. The Bertz CT molecular complexity index is 636. The summed E-state index contributed by atoms with van der Waals surface area (Å²) < 4.78 is 14.2. The van der Waals surface area contributed by atoms with E-state index in [2.05, 4.69) is 27.1 Å². The van der Waals surface area contributed by atoms with Crippen LogP contribution in [0.15, 0.2) is 24.5 Å². The van der Waals surface area contributed by atoms with E-state index in [9.17, 15) is 4.39 Å². The fourth-order valence-corrected chi connectivity index (χ4v) is 2.90. The molecular formula is C15H18ClFN4. The van der Waals surface area contributed by atoms with Crippen LogP contribution in [-0.2, 0) is 0 Å².